The summed E-state index contributed by atoms with van der Waals surface area (Å²) >= 11 is 5.29. The van der Waals surface area contributed by atoms with E-state index < -0.39 is 6.36 Å². The zero-order valence-electron chi connectivity index (χ0n) is 15.7. The zero-order chi connectivity index (χ0) is 20.7. The maximum absolute atomic E-state index is 12.2. The SMILES string of the molecule is COc1ccccc1[C@H](CNC(=S)Nc1ccc(OC(F)(F)F)cc1)N(C)C. The Kier molecular flexibility index (Phi) is 7.47. The summed E-state index contributed by atoms with van der Waals surface area (Å²) in [6, 6.07) is 13.1. The first-order valence-electron chi connectivity index (χ1n) is 8.39. The second-order valence-corrected chi connectivity index (χ2v) is 6.54. The number of alkyl halides is 3. The van der Waals surface area contributed by atoms with Crippen molar-refractivity contribution in [3.63, 3.8) is 0 Å². The minimum Gasteiger partial charge on any atom is -0.496 e. The summed E-state index contributed by atoms with van der Waals surface area (Å²) in [6.07, 6.45) is -4.72. The fourth-order valence-corrected chi connectivity index (χ4v) is 2.82. The number of para-hydroxylation sites is 1. The molecule has 0 bridgehead atoms. The second kappa shape index (κ2) is 9.61. The van der Waals surface area contributed by atoms with Gasteiger partial charge in [0.1, 0.15) is 11.5 Å². The van der Waals surface area contributed by atoms with E-state index in [9.17, 15) is 13.2 Å². The average molecular weight is 413 g/mol. The Balaban J connectivity index is 1.96. The first-order valence-corrected chi connectivity index (χ1v) is 8.80. The van der Waals surface area contributed by atoms with Gasteiger partial charge >= 0.3 is 6.36 Å². The number of hydrogen-bond donors (Lipinski definition) is 2. The van der Waals surface area contributed by atoms with Crippen LogP contribution >= 0.6 is 12.2 Å². The highest BCUT2D eigenvalue weighted by Gasteiger charge is 2.30. The number of likely N-dealkylation sites (N-methyl/N-ethyl adjacent to an activating group) is 1. The number of ether oxygens (including phenoxy) is 2. The molecular weight excluding hydrogens is 391 g/mol. The molecule has 0 aliphatic rings. The van der Waals surface area contributed by atoms with Gasteiger partial charge in [0, 0.05) is 17.8 Å². The van der Waals surface area contributed by atoms with E-state index in [1.165, 1.54) is 24.3 Å². The quantitative estimate of drug-likeness (QED) is 0.664. The molecule has 0 aromatic heterocycles. The van der Waals surface area contributed by atoms with Gasteiger partial charge in [-0.05, 0) is 56.6 Å². The molecule has 0 saturated carbocycles. The molecule has 5 nitrogen and oxygen atoms in total. The van der Waals surface area contributed by atoms with E-state index in [-0.39, 0.29) is 11.8 Å². The second-order valence-electron chi connectivity index (χ2n) is 6.13. The van der Waals surface area contributed by atoms with Gasteiger partial charge in [0.2, 0.25) is 0 Å². The molecule has 0 aliphatic heterocycles. The maximum Gasteiger partial charge on any atom is 0.573 e. The van der Waals surface area contributed by atoms with Crippen LogP contribution < -0.4 is 20.1 Å². The highest BCUT2D eigenvalue weighted by molar-refractivity contribution is 7.80. The number of thiocarbonyl (C=S) groups is 1. The van der Waals surface area contributed by atoms with Crippen LogP contribution in [-0.4, -0.2) is 44.1 Å². The average Bonchev–Trinajstić information content (AvgIpc) is 2.62. The Bertz CT molecular complexity index is 783. The van der Waals surface area contributed by atoms with E-state index in [0.717, 1.165) is 11.3 Å². The van der Waals surface area contributed by atoms with Crippen molar-refractivity contribution in [1.29, 1.82) is 0 Å². The van der Waals surface area contributed by atoms with Crippen molar-refractivity contribution in [2.45, 2.75) is 12.4 Å². The molecule has 9 heteroatoms. The van der Waals surface area contributed by atoms with Crippen LogP contribution in [0.1, 0.15) is 11.6 Å². The van der Waals surface area contributed by atoms with Crippen molar-refractivity contribution in [2.24, 2.45) is 0 Å². The van der Waals surface area contributed by atoms with Crippen LogP contribution in [0.25, 0.3) is 0 Å². The van der Waals surface area contributed by atoms with Crippen molar-refractivity contribution in [3.8, 4) is 11.5 Å². The molecule has 0 spiro atoms. The number of halogens is 3. The van der Waals surface area contributed by atoms with Crippen molar-refractivity contribution in [2.75, 3.05) is 33.1 Å². The highest BCUT2D eigenvalue weighted by atomic mass is 32.1. The lowest BCUT2D eigenvalue weighted by atomic mass is 10.0. The number of hydrogen-bond acceptors (Lipinski definition) is 4. The third-order valence-corrected chi connectivity index (χ3v) is 4.17. The van der Waals surface area contributed by atoms with Gasteiger partial charge < -0.3 is 25.0 Å². The molecule has 0 fully saturated rings. The Morgan fingerprint density at radius 3 is 2.32 bits per heavy atom. The fraction of sp³-hybridized carbons (Fsp3) is 0.316. The third-order valence-electron chi connectivity index (χ3n) is 3.92. The van der Waals surface area contributed by atoms with E-state index in [1.807, 2.05) is 43.3 Å². The Labute approximate surface area is 167 Å². The predicted octanol–water partition coefficient (Wildman–Crippen LogP) is 4.18. The van der Waals surface area contributed by atoms with E-state index in [0.29, 0.717) is 17.3 Å². The molecule has 0 radical (unpaired) electrons. The van der Waals surface area contributed by atoms with Gasteiger partial charge in [0.15, 0.2) is 5.11 Å². The van der Waals surface area contributed by atoms with E-state index in [2.05, 4.69) is 15.4 Å². The molecule has 28 heavy (non-hydrogen) atoms. The fourth-order valence-electron chi connectivity index (χ4n) is 2.62. The van der Waals surface area contributed by atoms with Gasteiger partial charge in [-0.2, -0.15) is 0 Å². The van der Waals surface area contributed by atoms with E-state index in [1.54, 1.807) is 7.11 Å². The lowest BCUT2D eigenvalue weighted by Gasteiger charge is -2.27. The molecule has 0 aliphatic carbocycles. The van der Waals surface area contributed by atoms with Gasteiger partial charge in [-0.25, -0.2) is 0 Å². The minimum atomic E-state index is -4.72. The molecule has 2 aromatic carbocycles. The number of methoxy groups -OCH3 is 1. The van der Waals surface area contributed by atoms with Crippen LogP contribution in [-0.2, 0) is 0 Å². The van der Waals surface area contributed by atoms with Crippen molar-refractivity contribution in [3.05, 3.63) is 54.1 Å². The zero-order valence-corrected chi connectivity index (χ0v) is 16.5. The molecule has 0 amide bonds. The molecule has 2 aromatic rings. The van der Waals surface area contributed by atoms with Gasteiger partial charge in [0.25, 0.3) is 0 Å². The Morgan fingerprint density at radius 1 is 1.11 bits per heavy atom. The highest BCUT2D eigenvalue weighted by Crippen LogP contribution is 2.27. The third kappa shape index (κ3) is 6.58. The normalized spacial score (nSPS) is 12.4. The molecule has 152 valence electrons. The molecule has 0 saturated heterocycles. The maximum atomic E-state index is 12.2. The van der Waals surface area contributed by atoms with Gasteiger partial charge in [-0.15, -0.1) is 13.2 Å². The summed E-state index contributed by atoms with van der Waals surface area (Å²) in [5, 5.41) is 6.42. The summed E-state index contributed by atoms with van der Waals surface area (Å²) in [6.45, 7) is 0.508. The van der Waals surface area contributed by atoms with Crippen LogP contribution in [0, 0.1) is 0 Å². The Morgan fingerprint density at radius 2 is 1.75 bits per heavy atom. The topological polar surface area (TPSA) is 45.8 Å². The largest absolute Gasteiger partial charge is 0.573 e. The van der Waals surface area contributed by atoms with Crippen LogP contribution in [0.15, 0.2) is 48.5 Å². The molecule has 2 rings (SSSR count). The lowest BCUT2D eigenvalue weighted by molar-refractivity contribution is -0.274. The van der Waals surface area contributed by atoms with Crippen LogP contribution in [0.4, 0.5) is 18.9 Å². The lowest BCUT2D eigenvalue weighted by Crippen LogP contribution is -2.36. The van der Waals surface area contributed by atoms with Crippen molar-refractivity contribution >= 4 is 23.0 Å². The van der Waals surface area contributed by atoms with Crippen LogP contribution in [0.2, 0.25) is 0 Å². The molecule has 1 atom stereocenters. The number of benzene rings is 2. The molecular formula is C19H22F3N3O2S. The van der Waals surface area contributed by atoms with Crippen LogP contribution in [0.5, 0.6) is 11.5 Å². The first kappa shape index (κ1) is 21.8. The Hall–Kier alpha value is -2.52. The number of rotatable bonds is 7. The van der Waals surface area contributed by atoms with Crippen molar-refractivity contribution < 1.29 is 22.6 Å². The smallest absolute Gasteiger partial charge is 0.496 e. The molecule has 0 heterocycles. The van der Waals surface area contributed by atoms with Gasteiger partial charge in [-0.3, -0.25) is 0 Å². The summed E-state index contributed by atoms with van der Waals surface area (Å²) in [5.41, 5.74) is 1.56. The van der Waals surface area contributed by atoms with E-state index >= 15 is 0 Å². The summed E-state index contributed by atoms with van der Waals surface area (Å²) in [7, 11) is 5.53. The van der Waals surface area contributed by atoms with Crippen molar-refractivity contribution in [1.82, 2.24) is 10.2 Å². The van der Waals surface area contributed by atoms with E-state index in [4.69, 9.17) is 17.0 Å². The molecule has 0 unspecified atom stereocenters. The molecule has 2 N–H and O–H groups in total. The monoisotopic (exact) mass is 413 g/mol. The summed E-state index contributed by atoms with van der Waals surface area (Å²) < 4.78 is 45.9. The first-order chi connectivity index (χ1) is 13.2. The number of nitrogens with one attached hydrogen (secondary N) is 2. The van der Waals surface area contributed by atoms with Crippen LogP contribution in [0.3, 0.4) is 0 Å². The minimum absolute atomic E-state index is 0.00142. The summed E-state index contributed by atoms with van der Waals surface area (Å²) in [4.78, 5) is 2.04. The number of anilines is 1. The van der Waals surface area contributed by atoms with Gasteiger partial charge in [0.05, 0.1) is 13.2 Å². The standard InChI is InChI=1S/C19H22F3N3O2S/c1-25(2)16(15-6-4-5-7-17(15)26-3)12-23-18(28)24-13-8-10-14(11-9-13)27-19(20,21)22/h4-11,16H,12H2,1-3H3,(H2,23,24,28)/t16-/m0/s1. The number of nitrogens with zero attached hydrogens (tertiary/aromatic N) is 1. The predicted molar refractivity (Wildman–Crippen MR) is 107 cm³/mol. The summed E-state index contributed by atoms with van der Waals surface area (Å²) in [5.74, 6) is 0.489. The van der Waals surface area contributed by atoms with Gasteiger partial charge in [-0.1, -0.05) is 18.2 Å².